The first-order chi connectivity index (χ1) is 15.3. The molecule has 0 fully saturated rings. The number of nitro benzene ring substituents is 1. The normalized spacial score (nSPS) is 15.4. The molecule has 164 valence electrons. The Morgan fingerprint density at radius 1 is 1.16 bits per heavy atom. The molecule has 3 aromatic carbocycles. The van der Waals surface area contributed by atoms with Crippen molar-refractivity contribution in [1.29, 1.82) is 0 Å². The summed E-state index contributed by atoms with van der Waals surface area (Å²) in [6.45, 7) is 0. The molecule has 0 N–H and O–H groups in total. The lowest BCUT2D eigenvalue weighted by Gasteiger charge is -2.35. The Balaban J connectivity index is 1.84. The Morgan fingerprint density at radius 3 is 2.41 bits per heavy atom. The predicted octanol–water partition coefficient (Wildman–Crippen LogP) is 6.75. The summed E-state index contributed by atoms with van der Waals surface area (Å²) < 4.78 is 5.77. The molecule has 6 nitrogen and oxygen atoms in total. The van der Waals surface area contributed by atoms with Crippen LogP contribution in [0, 0.1) is 16.0 Å². The van der Waals surface area contributed by atoms with Crippen molar-refractivity contribution in [2.75, 3.05) is 12.0 Å². The predicted molar refractivity (Wildman–Crippen MR) is 128 cm³/mol. The number of amides is 1. The van der Waals surface area contributed by atoms with Gasteiger partial charge in [-0.15, -0.1) is 0 Å². The number of para-hydroxylation sites is 1. The fraction of sp³-hybridized carbons (Fsp3) is 0.174. The van der Waals surface area contributed by atoms with Gasteiger partial charge < -0.3 is 4.74 Å². The highest BCUT2D eigenvalue weighted by Crippen LogP contribution is 2.46. The molecule has 0 radical (unpaired) electrons. The van der Waals surface area contributed by atoms with Gasteiger partial charge in [0, 0.05) is 22.5 Å². The number of carbonyl (C=O) groups is 1. The minimum atomic E-state index is -0.495. The topological polar surface area (TPSA) is 72.7 Å². The second-order valence-corrected chi connectivity index (χ2v) is 9.05. The standard InChI is InChI=1S/C23H17BrCl2N2O4/c1-32-16-7-5-13(6-8-16)9-14-10-17-18(24)11-15(28(30)31)12-21(17)27(23(14)29)22-19(25)3-2-4-20(22)26/h2-8,11-12,14H,9-10H2,1H3. The number of halogens is 3. The summed E-state index contributed by atoms with van der Waals surface area (Å²) in [7, 11) is 1.60. The number of nitro groups is 1. The van der Waals surface area contributed by atoms with Crippen LogP contribution in [0.3, 0.4) is 0 Å². The van der Waals surface area contributed by atoms with Gasteiger partial charge in [0.2, 0.25) is 5.91 Å². The maximum atomic E-state index is 13.7. The maximum Gasteiger partial charge on any atom is 0.272 e. The molecule has 0 aliphatic carbocycles. The average Bonchev–Trinajstić information content (AvgIpc) is 2.76. The highest BCUT2D eigenvalue weighted by Gasteiger charge is 2.38. The molecule has 1 atom stereocenters. The summed E-state index contributed by atoms with van der Waals surface area (Å²) in [5.41, 5.74) is 2.33. The van der Waals surface area contributed by atoms with E-state index in [2.05, 4.69) is 15.9 Å². The van der Waals surface area contributed by atoms with E-state index < -0.39 is 10.8 Å². The Labute approximate surface area is 203 Å². The van der Waals surface area contributed by atoms with Crippen LogP contribution in [0.4, 0.5) is 17.1 Å². The van der Waals surface area contributed by atoms with E-state index in [1.54, 1.807) is 25.3 Å². The second kappa shape index (κ2) is 9.10. The highest BCUT2D eigenvalue weighted by atomic mass is 79.9. The van der Waals surface area contributed by atoms with Crippen LogP contribution in [0.15, 0.2) is 59.1 Å². The molecule has 32 heavy (non-hydrogen) atoms. The lowest BCUT2D eigenvalue weighted by atomic mass is 9.86. The van der Waals surface area contributed by atoms with Crippen molar-refractivity contribution >= 4 is 62.1 Å². The molecule has 4 rings (SSSR count). The number of anilines is 2. The van der Waals surface area contributed by atoms with Crippen molar-refractivity contribution in [3.63, 3.8) is 0 Å². The van der Waals surface area contributed by atoms with Crippen LogP contribution in [-0.2, 0) is 17.6 Å². The molecule has 1 aliphatic heterocycles. The number of hydrogen-bond acceptors (Lipinski definition) is 4. The van der Waals surface area contributed by atoms with Gasteiger partial charge in [0.15, 0.2) is 0 Å². The Kier molecular flexibility index (Phi) is 6.42. The molecule has 1 heterocycles. The molecule has 0 saturated heterocycles. The minimum absolute atomic E-state index is 0.134. The molecule has 1 unspecified atom stereocenters. The zero-order valence-corrected chi connectivity index (χ0v) is 19.9. The van der Waals surface area contributed by atoms with Crippen LogP contribution in [0.1, 0.15) is 11.1 Å². The van der Waals surface area contributed by atoms with E-state index in [1.807, 2.05) is 24.3 Å². The van der Waals surface area contributed by atoms with Crippen molar-refractivity contribution in [2.24, 2.45) is 5.92 Å². The summed E-state index contributed by atoms with van der Waals surface area (Å²) in [5, 5.41) is 12.0. The molecular formula is C23H17BrCl2N2O4. The van der Waals surface area contributed by atoms with E-state index in [0.717, 1.165) is 16.9 Å². The zero-order chi connectivity index (χ0) is 23.0. The van der Waals surface area contributed by atoms with Gasteiger partial charge in [-0.05, 0) is 48.2 Å². The third-order valence-electron chi connectivity index (χ3n) is 5.43. The molecule has 1 amide bonds. The van der Waals surface area contributed by atoms with Crippen molar-refractivity contribution in [3.05, 3.63) is 90.4 Å². The van der Waals surface area contributed by atoms with E-state index in [9.17, 15) is 14.9 Å². The van der Waals surface area contributed by atoms with Gasteiger partial charge in [-0.3, -0.25) is 19.8 Å². The van der Waals surface area contributed by atoms with Crippen LogP contribution >= 0.6 is 39.1 Å². The van der Waals surface area contributed by atoms with Gasteiger partial charge in [-0.25, -0.2) is 0 Å². The number of non-ortho nitro benzene ring substituents is 1. The van der Waals surface area contributed by atoms with Gasteiger partial charge >= 0.3 is 0 Å². The van der Waals surface area contributed by atoms with Gasteiger partial charge in [0.25, 0.3) is 5.69 Å². The monoisotopic (exact) mass is 534 g/mol. The van der Waals surface area contributed by atoms with Crippen LogP contribution in [0.25, 0.3) is 0 Å². The molecule has 1 aliphatic rings. The molecule has 3 aromatic rings. The number of carbonyl (C=O) groups excluding carboxylic acids is 1. The van der Waals surface area contributed by atoms with Crippen LogP contribution in [0.2, 0.25) is 10.0 Å². The van der Waals surface area contributed by atoms with E-state index in [0.29, 0.717) is 28.7 Å². The molecule has 0 saturated carbocycles. The lowest BCUT2D eigenvalue weighted by molar-refractivity contribution is -0.384. The van der Waals surface area contributed by atoms with E-state index in [1.165, 1.54) is 17.0 Å². The third-order valence-corrected chi connectivity index (χ3v) is 6.75. The van der Waals surface area contributed by atoms with E-state index >= 15 is 0 Å². The number of benzene rings is 3. The maximum absolute atomic E-state index is 13.7. The number of rotatable bonds is 5. The molecule has 9 heteroatoms. The zero-order valence-electron chi connectivity index (χ0n) is 16.8. The molecule has 0 spiro atoms. The van der Waals surface area contributed by atoms with E-state index in [4.69, 9.17) is 27.9 Å². The lowest BCUT2D eigenvalue weighted by Crippen LogP contribution is -2.39. The van der Waals surface area contributed by atoms with E-state index in [-0.39, 0.29) is 21.6 Å². The van der Waals surface area contributed by atoms with Crippen molar-refractivity contribution in [2.45, 2.75) is 12.8 Å². The number of fused-ring (bicyclic) bond motifs is 1. The van der Waals surface area contributed by atoms with Crippen molar-refractivity contribution in [3.8, 4) is 5.75 Å². The minimum Gasteiger partial charge on any atom is -0.497 e. The van der Waals surface area contributed by atoms with Gasteiger partial charge in [0.1, 0.15) is 5.75 Å². The van der Waals surface area contributed by atoms with Gasteiger partial charge in [-0.2, -0.15) is 0 Å². The summed E-state index contributed by atoms with van der Waals surface area (Å²) >= 11 is 16.3. The fourth-order valence-electron chi connectivity index (χ4n) is 3.89. The Hall–Kier alpha value is -2.61. The summed E-state index contributed by atoms with van der Waals surface area (Å²) in [6, 6.07) is 15.3. The first kappa shape index (κ1) is 22.6. The van der Waals surface area contributed by atoms with Crippen LogP contribution in [0.5, 0.6) is 5.75 Å². The molecular weight excluding hydrogens is 519 g/mol. The number of hydrogen-bond donors (Lipinski definition) is 0. The molecule has 0 bridgehead atoms. The first-order valence-corrected chi connectivity index (χ1v) is 11.2. The van der Waals surface area contributed by atoms with Crippen LogP contribution in [-0.4, -0.2) is 17.9 Å². The Bertz CT molecular complexity index is 1200. The third kappa shape index (κ3) is 4.20. The van der Waals surface area contributed by atoms with Crippen molar-refractivity contribution < 1.29 is 14.5 Å². The average molecular weight is 536 g/mol. The smallest absolute Gasteiger partial charge is 0.272 e. The largest absolute Gasteiger partial charge is 0.497 e. The Morgan fingerprint density at radius 2 is 1.81 bits per heavy atom. The van der Waals surface area contributed by atoms with Gasteiger partial charge in [0.05, 0.1) is 33.5 Å². The molecule has 0 aromatic heterocycles. The number of ether oxygens (including phenoxy) is 1. The summed E-state index contributed by atoms with van der Waals surface area (Å²) in [4.78, 5) is 26.1. The van der Waals surface area contributed by atoms with Crippen LogP contribution < -0.4 is 9.64 Å². The SMILES string of the molecule is COc1ccc(CC2Cc3c(Br)cc([N+](=O)[O-])cc3N(c3c(Cl)cccc3Cl)C2=O)cc1. The number of nitrogens with zero attached hydrogens (tertiary/aromatic N) is 2. The van der Waals surface area contributed by atoms with Crippen molar-refractivity contribution in [1.82, 2.24) is 0 Å². The highest BCUT2D eigenvalue weighted by molar-refractivity contribution is 9.10. The quantitative estimate of drug-likeness (QED) is 0.267. The van der Waals surface area contributed by atoms with Gasteiger partial charge in [-0.1, -0.05) is 57.3 Å². The summed E-state index contributed by atoms with van der Waals surface area (Å²) in [5.74, 6) is 0.0882. The summed E-state index contributed by atoms with van der Waals surface area (Å²) in [6.07, 6.45) is 0.890. The number of methoxy groups -OCH3 is 1. The second-order valence-electron chi connectivity index (χ2n) is 7.38. The fourth-order valence-corrected chi connectivity index (χ4v) is 5.06. The first-order valence-electron chi connectivity index (χ1n) is 9.68.